The molecular weight excluding hydrogens is 320 g/mol. The number of piperidine rings is 1. The average molecular weight is 351 g/mol. The number of hydrogen-bond donors (Lipinski definition) is 1. The molecular formula is C23H30N2O. The van der Waals surface area contributed by atoms with Crippen molar-refractivity contribution in [2.45, 2.75) is 44.6 Å². The van der Waals surface area contributed by atoms with E-state index in [4.69, 9.17) is 5.73 Å². The van der Waals surface area contributed by atoms with Crippen molar-refractivity contribution in [3.05, 3.63) is 71.8 Å². The Labute approximate surface area is 157 Å². The van der Waals surface area contributed by atoms with Gasteiger partial charge >= 0.3 is 0 Å². The van der Waals surface area contributed by atoms with E-state index >= 15 is 0 Å². The monoisotopic (exact) mass is 350 g/mol. The van der Waals surface area contributed by atoms with Crippen LogP contribution in [0.3, 0.4) is 0 Å². The fourth-order valence-corrected chi connectivity index (χ4v) is 3.94. The molecule has 1 aliphatic heterocycles. The molecule has 1 saturated heterocycles. The number of nitrogens with two attached hydrogens (primary N) is 1. The van der Waals surface area contributed by atoms with Crippen LogP contribution in [0.4, 0.5) is 0 Å². The van der Waals surface area contributed by atoms with Gasteiger partial charge in [0.1, 0.15) is 0 Å². The Kier molecular flexibility index (Phi) is 6.45. The van der Waals surface area contributed by atoms with Crippen LogP contribution in [-0.2, 0) is 11.2 Å². The summed E-state index contributed by atoms with van der Waals surface area (Å²) in [6.07, 6.45) is 3.64. The highest BCUT2D eigenvalue weighted by Gasteiger charge is 2.27. The molecule has 2 aromatic carbocycles. The first-order valence-electron chi connectivity index (χ1n) is 9.75. The van der Waals surface area contributed by atoms with Gasteiger partial charge in [0.25, 0.3) is 0 Å². The fourth-order valence-electron chi connectivity index (χ4n) is 3.94. The van der Waals surface area contributed by atoms with Gasteiger partial charge in [0, 0.05) is 25.6 Å². The molecule has 0 aliphatic carbocycles. The van der Waals surface area contributed by atoms with Crippen LogP contribution in [0.25, 0.3) is 0 Å². The van der Waals surface area contributed by atoms with Crippen molar-refractivity contribution < 1.29 is 4.79 Å². The van der Waals surface area contributed by atoms with Gasteiger partial charge in [-0.3, -0.25) is 4.79 Å². The summed E-state index contributed by atoms with van der Waals surface area (Å²) < 4.78 is 0. The lowest BCUT2D eigenvalue weighted by Crippen LogP contribution is -2.45. The summed E-state index contributed by atoms with van der Waals surface area (Å²) in [4.78, 5) is 15.1. The molecule has 2 aromatic rings. The SMILES string of the molecule is CC(N)C1CCCN(C(=O)CC(Cc2ccccc2)c2ccccc2)C1. The van der Waals surface area contributed by atoms with Crippen LogP contribution in [0.1, 0.15) is 43.2 Å². The third kappa shape index (κ3) is 4.95. The second-order valence-electron chi connectivity index (χ2n) is 7.60. The minimum Gasteiger partial charge on any atom is -0.342 e. The first kappa shape index (κ1) is 18.7. The Bertz CT molecular complexity index is 684. The maximum atomic E-state index is 13.0. The number of amides is 1. The van der Waals surface area contributed by atoms with Crippen molar-refractivity contribution >= 4 is 5.91 Å². The quantitative estimate of drug-likeness (QED) is 0.856. The van der Waals surface area contributed by atoms with Crippen LogP contribution >= 0.6 is 0 Å². The predicted molar refractivity (Wildman–Crippen MR) is 107 cm³/mol. The van der Waals surface area contributed by atoms with Gasteiger partial charge in [-0.2, -0.15) is 0 Å². The molecule has 1 aliphatic rings. The van der Waals surface area contributed by atoms with Gasteiger partial charge in [-0.25, -0.2) is 0 Å². The zero-order valence-electron chi connectivity index (χ0n) is 15.7. The first-order valence-corrected chi connectivity index (χ1v) is 9.75. The molecule has 138 valence electrons. The van der Waals surface area contributed by atoms with E-state index in [1.54, 1.807) is 0 Å². The summed E-state index contributed by atoms with van der Waals surface area (Å²) in [5.41, 5.74) is 8.61. The van der Waals surface area contributed by atoms with E-state index in [1.165, 1.54) is 11.1 Å². The summed E-state index contributed by atoms with van der Waals surface area (Å²) >= 11 is 0. The highest BCUT2D eigenvalue weighted by atomic mass is 16.2. The van der Waals surface area contributed by atoms with Gasteiger partial charge in [0.05, 0.1) is 0 Å². The lowest BCUT2D eigenvalue weighted by atomic mass is 9.87. The van der Waals surface area contributed by atoms with E-state index in [0.29, 0.717) is 12.3 Å². The first-order chi connectivity index (χ1) is 12.6. The van der Waals surface area contributed by atoms with Crippen molar-refractivity contribution in [3.8, 4) is 0 Å². The van der Waals surface area contributed by atoms with E-state index in [1.807, 2.05) is 17.0 Å². The minimum absolute atomic E-state index is 0.153. The van der Waals surface area contributed by atoms with Crippen LogP contribution in [0.2, 0.25) is 0 Å². The molecule has 1 amide bonds. The third-order valence-electron chi connectivity index (χ3n) is 5.57. The number of nitrogens with zero attached hydrogens (tertiary/aromatic N) is 1. The van der Waals surface area contributed by atoms with Crippen LogP contribution in [-0.4, -0.2) is 29.9 Å². The fraction of sp³-hybridized carbons (Fsp3) is 0.435. The lowest BCUT2D eigenvalue weighted by molar-refractivity contribution is -0.133. The Morgan fingerprint density at radius 3 is 2.42 bits per heavy atom. The van der Waals surface area contributed by atoms with E-state index in [-0.39, 0.29) is 17.9 Å². The molecule has 3 rings (SSSR count). The van der Waals surface area contributed by atoms with Crippen molar-refractivity contribution in [3.63, 3.8) is 0 Å². The van der Waals surface area contributed by atoms with Gasteiger partial charge < -0.3 is 10.6 Å². The van der Waals surface area contributed by atoms with Gasteiger partial charge in [-0.15, -0.1) is 0 Å². The van der Waals surface area contributed by atoms with E-state index in [0.717, 1.165) is 32.4 Å². The number of rotatable bonds is 6. The topological polar surface area (TPSA) is 46.3 Å². The highest BCUT2D eigenvalue weighted by molar-refractivity contribution is 5.77. The molecule has 3 nitrogen and oxygen atoms in total. The summed E-state index contributed by atoms with van der Waals surface area (Å²) in [5.74, 6) is 0.902. The molecule has 3 atom stereocenters. The Morgan fingerprint density at radius 1 is 1.12 bits per heavy atom. The predicted octanol–water partition coefficient (Wildman–Crippen LogP) is 3.99. The van der Waals surface area contributed by atoms with E-state index in [9.17, 15) is 4.79 Å². The number of hydrogen-bond acceptors (Lipinski definition) is 2. The van der Waals surface area contributed by atoms with Crippen LogP contribution in [0.5, 0.6) is 0 Å². The molecule has 1 heterocycles. The molecule has 0 bridgehead atoms. The maximum Gasteiger partial charge on any atom is 0.223 e. The van der Waals surface area contributed by atoms with Gasteiger partial charge in [-0.05, 0) is 49.1 Å². The van der Waals surface area contributed by atoms with E-state index in [2.05, 4.69) is 55.5 Å². The number of carbonyl (C=O) groups is 1. The van der Waals surface area contributed by atoms with Crippen LogP contribution < -0.4 is 5.73 Å². The van der Waals surface area contributed by atoms with Crippen LogP contribution in [0, 0.1) is 5.92 Å². The van der Waals surface area contributed by atoms with Gasteiger partial charge in [-0.1, -0.05) is 60.7 Å². The van der Waals surface area contributed by atoms with Crippen molar-refractivity contribution in [2.24, 2.45) is 11.7 Å². The van der Waals surface area contributed by atoms with Crippen molar-refractivity contribution in [2.75, 3.05) is 13.1 Å². The summed E-state index contributed by atoms with van der Waals surface area (Å²) in [5, 5.41) is 0. The zero-order chi connectivity index (χ0) is 18.4. The second kappa shape index (κ2) is 9.00. The largest absolute Gasteiger partial charge is 0.342 e. The van der Waals surface area contributed by atoms with Crippen LogP contribution in [0.15, 0.2) is 60.7 Å². The minimum atomic E-state index is 0.153. The van der Waals surface area contributed by atoms with Crippen molar-refractivity contribution in [1.29, 1.82) is 0 Å². The molecule has 0 saturated carbocycles. The highest BCUT2D eigenvalue weighted by Crippen LogP contribution is 2.27. The summed E-state index contributed by atoms with van der Waals surface area (Å²) in [6.45, 7) is 3.74. The summed E-state index contributed by atoms with van der Waals surface area (Å²) in [6, 6.07) is 21.0. The number of likely N-dealkylation sites (tertiary alicyclic amines) is 1. The molecule has 0 radical (unpaired) electrons. The van der Waals surface area contributed by atoms with E-state index < -0.39 is 0 Å². The Morgan fingerprint density at radius 2 is 1.77 bits per heavy atom. The third-order valence-corrected chi connectivity index (χ3v) is 5.57. The smallest absolute Gasteiger partial charge is 0.223 e. The molecule has 0 spiro atoms. The molecule has 2 N–H and O–H groups in total. The number of carbonyl (C=O) groups excluding carboxylic acids is 1. The van der Waals surface area contributed by atoms with Crippen molar-refractivity contribution in [1.82, 2.24) is 4.90 Å². The van der Waals surface area contributed by atoms with Gasteiger partial charge in [0.2, 0.25) is 5.91 Å². The standard InChI is InChI=1S/C23H30N2O/c1-18(24)21-13-8-14-25(17-21)23(26)16-22(20-11-6-3-7-12-20)15-19-9-4-2-5-10-19/h2-7,9-12,18,21-22H,8,13-17,24H2,1H3. The lowest BCUT2D eigenvalue weighted by Gasteiger charge is -2.35. The van der Waals surface area contributed by atoms with Gasteiger partial charge in [0.15, 0.2) is 0 Å². The molecule has 1 fully saturated rings. The number of benzene rings is 2. The Hall–Kier alpha value is -2.13. The second-order valence-corrected chi connectivity index (χ2v) is 7.60. The molecule has 3 heteroatoms. The molecule has 0 aromatic heterocycles. The maximum absolute atomic E-state index is 13.0. The normalized spacial score (nSPS) is 19.8. The zero-order valence-corrected chi connectivity index (χ0v) is 15.7. The molecule has 26 heavy (non-hydrogen) atoms. The molecule has 3 unspecified atom stereocenters. The summed E-state index contributed by atoms with van der Waals surface area (Å²) in [7, 11) is 0. The average Bonchev–Trinajstić information content (AvgIpc) is 2.69. The Balaban J connectivity index is 1.72.